The van der Waals surface area contributed by atoms with Crippen molar-refractivity contribution in [2.24, 2.45) is 0 Å². The van der Waals surface area contributed by atoms with Gasteiger partial charge < -0.3 is 9.47 Å². The third-order valence-corrected chi connectivity index (χ3v) is 5.28. The van der Waals surface area contributed by atoms with Crippen molar-refractivity contribution in [2.45, 2.75) is 24.5 Å². The standard InChI is InChI=1S/C20H13F3N2O2S/c21-20(22,23)16-11-28-18(25-16)19(12-24)17(27-19)14-6-8-15(9-7-14)26-10-13-4-2-1-3-5-13/h1-9,11,17H,10H2. The van der Waals surface area contributed by atoms with Crippen molar-refractivity contribution < 1.29 is 22.6 Å². The highest BCUT2D eigenvalue weighted by Crippen LogP contribution is 2.57. The van der Waals surface area contributed by atoms with E-state index in [1.165, 1.54) is 0 Å². The number of epoxide rings is 1. The van der Waals surface area contributed by atoms with E-state index in [0.29, 0.717) is 17.9 Å². The number of rotatable bonds is 5. The number of alkyl halides is 3. The smallest absolute Gasteiger partial charge is 0.434 e. The monoisotopic (exact) mass is 402 g/mol. The maximum Gasteiger partial charge on any atom is 0.434 e. The van der Waals surface area contributed by atoms with E-state index in [9.17, 15) is 18.4 Å². The molecule has 3 aromatic rings. The summed E-state index contributed by atoms with van der Waals surface area (Å²) in [5, 5.41) is 10.4. The van der Waals surface area contributed by atoms with Crippen LogP contribution in [0.25, 0.3) is 0 Å². The van der Waals surface area contributed by atoms with E-state index < -0.39 is 23.6 Å². The summed E-state index contributed by atoms with van der Waals surface area (Å²) in [7, 11) is 0. The minimum absolute atomic E-state index is 0.0109. The van der Waals surface area contributed by atoms with E-state index in [1.54, 1.807) is 24.3 Å². The lowest BCUT2D eigenvalue weighted by Gasteiger charge is -2.07. The lowest BCUT2D eigenvalue weighted by Crippen LogP contribution is -2.10. The lowest BCUT2D eigenvalue weighted by molar-refractivity contribution is -0.140. The highest BCUT2D eigenvalue weighted by atomic mass is 32.1. The first kappa shape index (κ1) is 18.5. The van der Waals surface area contributed by atoms with Gasteiger partial charge in [-0.15, -0.1) is 11.3 Å². The Bertz CT molecular complexity index is 1010. The summed E-state index contributed by atoms with van der Waals surface area (Å²) in [6.45, 7) is 0.418. The summed E-state index contributed by atoms with van der Waals surface area (Å²) in [6, 6.07) is 18.6. The molecule has 2 unspecified atom stereocenters. The zero-order chi connectivity index (χ0) is 19.8. The Morgan fingerprint density at radius 1 is 1.14 bits per heavy atom. The van der Waals surface area contributed by atoms with Gasteiger partial charge in [0.25, 0.3) is 0 Å². The van der Waals surface area contributed by atoms with Crippen molar-refractivity contribution in [3.63, 3.8) is 0 Å². The fourth-order valence-electron chi connectivity index (χ4n) is 2.80. The molecule has 1 aliphatic heterocycles. The fourth-order valence-corrected chi connectivity index (χ4v) is 3.74. The summed E-state index contributed by atoms with van der Waals surface area (Å²) >= 11 is 0.774. The van der Waals surface area contributed by atoms with Crippen LogP contribution in [0.15, 0.2) is 60.0 Å². The van der Waals surface area contributed by atoms with E-state index >= 15 is 0 Å². The minimum atomic E-state index is -4.55. The number of halogens is 3. The number of benzene rings is 2. The highest BCUT2D eigenvalue weighted by Gasteiger charge is 2.62. The number of aromatic nitrogens is 1. The first-order valence-electron chi connectivity index (χ1n) is 8.31. The summed E-state index contributed by atoms with van der Waals surface area (Å²) in [4.78, 5) is 3.56. The molecule has 0 N–H and O–H groups in total. The van der Waals surface area contributed by atoms with E-state index in [1.807, 2.05) is 36.4 Å². The number of ether oxygens (including phenoxy) is 2. The first-order chi connectivity index (χ1) is 13.4. The SMILES string of the molecule is N#CC1(c2nc(C(F)(F)F)cs2)OC1c1ccc(OCc2ccccc2)cc1. The van der Waals surface area contributed by atoms with Gasteiger partial charge in [0.2, 0.25) is 5.60 Å². The molecule has 2 aromatic carbocycles. The quantitative estimate of drug-likeness (QED) is 0.548. The van der Waals surface area contributed by atoms with Gasteiger partial charge >= 0.3 is 6.18 Å². The van der Waals surface area contributed by atoms with Crippen LogP contribution < -0.4 is 4.74 Å². The number of nitrogens with zero attached hydrogens (tertiary/aromatic N) is 2. The maximum absolute atomic E-state index is 12.8. The van der Waals surface area contributed by atoms with Crippen LogP contribution in [-0.2, 0) is 23.1 Å². The Labute approximate surface area is 162 Å². The zero-order valence-corrected chi connectivity index (χ0v) is 15.1. The van der Waals surface area contributed by atoms with Crippen LogP contribution in [0.1, 0.15) is 27.9 Å². The largest absolute Gasteiger partial charge is 0.489 e. The van der Waals surface area contributed by atoms with Crippen molar-refractivity contribution >= 4 is 11.3 Å². The van der Waals surface area contributed by atoms with Crippen molar-refractivity contribution in [1.29, 1.82) is 5.26 Å². The van der Waals surface area contributed by atoms with E-state index in [4.69, 9.17) is 9.47 Å². The van der Waals surface area contributed by atoms with Crippen LogP contribution >= 0.6 is 11.3 Å². The molecule has 0 saturated carbocycles. The molecule has 0 bridgehead atoms. The maximum atomic E-state index is 12.8. The minimum Gasteiger partial charge on any atom is -0.489 e. The van der Waals surface area contributed by atoms with Crippen LogP contribution in [0.4, 0.5) is 13.2 Å². The molecule has 0 radical (unpaired) electrons. The predicted molar refractivity (Wildman–Crippen MR) is 95.4 cm³/mol. The molecular formula is C20H13F3N2O2S. The predicted octanol–water partition coefficient (Wildman–Crippen LogP) is 5.23. The van der Waals surface area contributed by atoms with Crippen molar-refractivity contribution in [3.8, 4) is 11.8 Å². The van der Waals surface area contributed by atoms with Gasteiger partial charge in [0.1, 0.15) is 29.5 Å². The van der Waals surface area contributed by atoms with Gasteiger partial charge in [-0.2, -0.15) is 18.4 Å². The topological polar surface area (TPSA) is 58.4 Å². The summed E-state index contributed by atoms with van der Waals surface area (Å²) < 4.78 is 49.5. The average Bonchev–Trinajstić information content (AvgIpc) is 3.22. The number of hydrogen-bond donors (Lipinski definition) is 0. The molecule has 28 heavy (non-hydrogen) atoms. The molecule has 0 aliphatic carbocycles. The van der Waals surface area contributed by atoms with Gasteiger partial charge in [0.05, 0.1) is 0 Å². The summed E-state index contributed by atoms with van der Waals surface area (Å²) in [5.74, 6) is 0.643. The first-order valence-corrected chi connectivity index (χ1v) is 9.19. The molecule has 2 heterocycles. The molecule has 0 spiro atoms. The van der Waals surface area contributed by atoms with Gasteiger partial charge in [0.15, 0.2) is 5.69 Å². The number of hydrogen-bond acceptors (Lipinski definition) is 5. The Kier molecular flexibility index (Phi) is 4.57. The molecule has 1 aliphatic rings. The van der Waals surface area contributed by atoms with Crippen LogP contribution in [0, 0.1) is 11.3 Å². The second-order valence-electron chi connectivity index (χ2n) is 6.22. The summed E-state index contributed by atoms with van der Waals surface area (Å²) in [5.41, 5.74) is -0.774. The number of thiazole rings is 1. The van der Waals surface area contributed by atoms with E-state index in [2.05, 4.69) is 4.98 Å². The normalized spacial score (nSPS) is 21.1. The zero-order valence-electron chi connectivity index (χ0n) is 14.3. The molecule has 142 valence electrons. The molecule has 1 aromatic heterocycles. The van der Waals surface area contributed by atoms with Gasteiger partial charge in [-0.25, -0.2) is 4.98 Å². The average molecular weight is 402 g/mol. The third kappa shape index (κ3) is 3.46. The molecule has 8 heteroatoms. The van der Waals surface area contributed by atoms with Gasteiger partial charge in [0, 0.05) is 5.38 Å². The van der Waals surface area contributed by atoms with Crippen LogP contribution in [0.3, 0.4) is 0 Å². The lowest BCUT2D eigenvalue weighted by atomic mass is 10.0. The molecule has 1 saturated heterocycles. The molecule has 2 atom stereocenters. The van der Waals surface area contributed by atoms with E-state index in [0.717, 1.165) is 22.3 Å². The molecular weight excluding hydrogens is 389 g/mol. The van der Waals surface area contributed by atoms with Crippen molar-refractivity contribution in [2.75, 3.05) is 0 Å². The highest BCUT2D eigenvalue weighted by molar-refractivity contribution is 7.09. The molecule has 4 rings (SSSR count). The molecule has 0 amide bonds. The second kappa shape index (κ2) is 6.93. The van der Waals surface area contributed by atoms with Gasteiger partial charge in [-0.3, -0.25) is 0 Å². The Balaban J connectivity index is 1.46. The Morgan fingerprint density at radius 2 is 1.86 bits per heavy atom. The van der Waals surface area contributed by atoms with Gasteiger partial charge in [-0.1, -0.05) is 42.5 Å². The third-order valence-electron chi connectivity index (χ3n) is 4.33. The van der Waals surface area contributed by atoms with Crippen LogP contribution in [0.5, 0.6) is 5.75 Å². The van der Waals surface area contributed by atoms with Crippen molar-refractivity contribution in [3.05, 3.63) is 81.8 Å². The van der Waals surface area contributed by atoms with Gasteiger partial charge in [-0.05, 0) is 23.3 Å². The molecule has 4 nitrogen and oxygen atoms in total. The number of nitriles is 1. The summed E-state index contributed by atoms with van der Waals surface area (Å²) in [6.07, 6.45) is -5.21. The van der Waals surface area contributed by atoms with E-state index in [-0.39, 0.29) is 5.01 Å². The fraction of sp³-hybridized carbons (Fsp3) is 0.200. The Hall–Kier alpha value is -2.89. The second-order valence-corrected chi connectivity index (χ2v) is 7.08. The Morgan fingerprint density at radius 3 is 2.46 bits per heavy atom. The molecule has 1 fully saturated rings. The van der Waals surface area contributed by atoms with Crippen LogP contribution in [-0.4, -0.2) is 4.98 Å². The van der Waals surface area contributed by atoms with Crippen molar-refractivity contribution in [1.82, 2.24) is 4.98 Å². The van der Waals surface area contributed by atoms with Crippen LogP contribution in [0.2, 0.25) is 0 Å².